The zero-order valence-electron chi connectivity index (χ0n) is 9.49. The second-order valence-electron chi connectivity index (χ2n) is 3.15. The predicted molar refractivity (Wildman–Crippen MR) is 46.6 cm³/mol. The number of aryl methyl sites for hydroxylation is 3. The van der Waals surface area contributed by atoms with Crippen molar-refractivity contribution in [3.8, 4) is 0 Å². The van der Waals surface area contributed by atoms with E-state index < -0.39 is 10.2 Å². The molecule has 0 unspecified atom stereocenters. The maximum atomic E-state index is 8.49. The Morgan fingerprint density at radius 3 is 1.56 bits per heavy atom. The third-order valence-corrected chi connectivity index (χ3v) is 1.74. The van der Waals surface area contributed by atoms with Gasteiger partial charge in [-0.25, -0.2) is 23.1 Å². The molecule has 0 bridgehead atoms. The lowest BCUT2D eigenvalue weighted by Crippen LogP contribution is -2.68. The van der Waals surface area contributed by atoms with Crippen molar-refractivity contribution in [3.63, 3.8) is 0 Å². The normalized spacial score (nSPS) is 10.7. The fraction of sp³-hybridized carbons (Fsp3) is 0.500. The van der Waals surface area contributed by atoms with Crippen molar-refractivity contribution in [2.75, 3.05) is 0 Å². The minimum Gasteiger partial charge on any atom is -0.222 e. The molecule has 16 heavy (non-hydrogen) atoms. The molecule has 5 nitrogen and oxygen atoms in total. The van der Waals surface area contributed by atoms with Gasteiger partial charge in [0.1, 0.15) is 0 Å². The van der Waals surface area contributed by atoms with Gasteiger partial charge in [0.15, 0.2) is 0 Å². The number of hydrogen-bond donors (Lipinski definition) is 0. The first-order valence-electron chi connectivity index (χ1n) is 4.80. The van der Waals surface area contributed by atoms with Crippen LogP contribution in [-0.2, 0) is 12.8 Å². The van der Waals surface area contributed by atoms with Crippen LogP contribution < -0.4 is 18.6 Å². The van der Waals surface area contributed by atoms with E-state index in [1.165, 1.54) is 5.56 Å². The van der Waals surface area contributed by atoms with Crippen LogP contribution in [0, 0.1) is 17.2 Å². The van der Waals surface area contributed by atoms with Crippen LogP contribution in [0.3, 0.4) is 0 Å². The van der Waals surface area contributed by atoms with Gasteiger partial charge >= 0.3 is 11.5 Å². The molecular formula is C10H15ClO5. The number of halogens is 1. The molecule has 0 spiro atoms. The highest BCUT2D eigenvalue weighted by molar-refractivity contribution is 5.16. The van der Waals surface area contributed by atoms with E-state index in [1.807, 2.05) is 0 Å². The highest BCUT2D eigenvalue weighted by Gasteiger charge is 2.09. The number of rotatable bonds is 2. The van der Waals surface area contributed by atoms with Gasteiger partial charge in [0.05, 0.1) is 12.8 Å². The molecule has 0 radical (unpaired) electrons. The Morgan fingerprint density at radius 2 is 1.31 bits per heavy atom. The molecule has 6 heteroatoms. The van der Waals surface area contributed by atoms with Gasteiger partial charge in [0.2, 0.25) is 0 Å². The molecule has 0 aliphatic heterocycles. The number of hydrogen-bond acceptors (Lipinski definition) is 4. The molecule has 0 aliphatic rings. The standard InChI is InChI=1S/C10H15O.ClHO4/c1-4-9-6-8(3)7-10(5-2)11-9;2-1(3,4)5/h6-7H,4-5H2,1-3H3;(H,2,3,4,5)/q+1;/p-1. The fourth-order valence-corrected chi connectivity index (χ4v) is 1.13. The molecule has 0 aliphatic carbocycles. The Bertz CT molecular complexity index is 293. The average molecular weight is 251 g/mol. The fourth-order valence-electron chi connectivity index (χ4n) is 1.13. The van der Waals surface area contributed by atoms with Gasteiger partial charge in [0.25, 0.3) is 0 Å². The lowest BCUT2D eigenvalue weighted by molar-refractivity contribution is -2.00. The lowest BCUT2D eigenvalue weighted by Gasteiger charge is -2.17. The minimum absolute atomic E-state index is 0.981. The van der Waals surface area contributed by atoms with E-state index >= 15 is 0 Å². The van der Waals surface area contributed by atoms with Gasteiger partial charge in [-0.1, -0.05) is 13.8 Å². The zero-order chi connectivity index (χ0) is 12.8. The largest absolute Gasteiger partial charge is 0.329 e. The van der Waals surface area contributed by atoms with Gasteiger partial charge in [-0.15, -0.1) is 10.2 Å². The Balaban J connectivity index is 0.000000385. The van der Waals surface area contributed by atoms with E-state index in [4.69, 9.17) is 23.1 Å². The summed E-state index contributed by atoms with van der Waals surface area (Å²) < 4.78 is 39.5. The molecule has 0 fully saturated rings. The molecule has 1 aromatic heterocycles. The molecule has 92 valence electrons. The van der Waals surface area contributed by atoms with E-state index in [2.05, 4.69) is 32.9 Å². The third-order valence-electron chi connectivity index (χ3n) is 1.74. The molecular weight excluding hydrogens is 236 g/mol. The van der Waals surface area contributed by atoms with E-state index in [1.54, 1.807) is 0 Å². The van der Waals surface area contributed by atoms with Crippen LogP contribution in [0.25, 0.3) is 0 Å². The van der Waals surface area contributed by atoms with Gasteiger partial charge in [-0.3, -0.25) is 0 Å². The molecule has 0 N–H and O–H groups in total. The van der Waals surface area contributed by atoms with E-state index in [0.717, 1.165) is 24.4 Å². The van der Waals surface area contributed by atoms with Crippen LogP contribution in [0.4, 0.5) is 0 Å². The summed E-state index contributed by atoms with van der Waals surface area (Å²) in [6.07, 6.45) is 1.96. The second-order valence-corrected chi connectivity index (χ2v) is 3.91. The Kier molecular flexibility index (Phi) is 6.47. The summed E-state index contributed by atoms with van der Waals surface area (Å²) in [7, 11) is -4.94. The summed E-state index contributed by atoms with van der Waals surface area (Å²) in [6, 6.07) is 4.19. The molecule has 1 heterocycles. The quantitative estimate of drug-likeness (QED) is 0.578. The summed E-state index contributed by atoms with van der Waals surface area (Å²) in [6.45, 7) is 6.32. The van der Waals surface area contributed by atoms with Crippen molar-refractivity contribution in [1.82, 2.24) is 0 Å². The molecule has 0 aromatic carbocycles. The van der Waals surface area contributed by atoms with Crippen LogP contribution in [0.15, 0.2) is 16.5 Å². The Hall–Kier alpha value is -0.720. The van der Waals surface area contributed by atoms with Crippen LogP contribution in [0.1, 0.15) is 30.9 Å². The first-order valence-corrected chi connectivity index (χ1v) is 6.04. The zero-order valence-corrected chi connectivity index (χ0v) is 10.2. The van der Waals surface area contributed by atoms with Crippen molar-refractivity contribution in [1.29, 1.82) is 0 Å². The highest BCUT2D eigenvalue weighted by atomic mass is 35.7. The van der Waals surface area contributed by atoms with Crippen LogP contribution >= 0.6 is 0 Å². The smallest absolute Gasteiger partial charge is 0.222 e. The molecule has 1 aromatic rings. The van der Waals surface area contributed by atoms with Gasteiger partial charge in [-0.2, -0.15) is 0 Å². The summed E-state index contributed by atoms with van der Waals surface area (Å²) in [5.41, 5.74) is 1.30. The van der Waals surface area contributed by atoms with Gasteiger partial charge in [0, 0.05) is 12.1 Å². The molecule has 1 rings (SSSR count). The van der Waals surface area contributed by atoms with E-state index in [0.29, 0.717) is 0 Å². The van der Waals surface area contributed by atoms with Crippen LogP contribution in [-0.4, -0.2) is 0 Å². The van der Waals surface area contributed by atoms with Crippen LogP contribution in [0.5, 0.6) is 0 Å². The summed E-state index contributed by atoms with van der Waals surface area (Å²) in [5.74, 6) is 2.17. The van der Waals surface area contributed by atoms with Crippen molar-refractivity contribution in [3.05, 3.63) is 29.2 Å². The van der Waals surface area contributed by atoms with Crippen molar-refractivity contribution in [2.45, 2.75) is 33.6 Å². The first kappa shape index (κ1) is 15.3. The maximum Gasteiger partial charge on any atom is 0.329 e. The Labute approximate surface area is 96.7 Å². The molecule has 0 atom stereocenters. The minimum atomic E-state index is -4.94. The highest BCUT2D eigenvalue weighted by Crippen LogP contribution is 2.10. The van der Waals surface area contributed by atoms with Crippen molar-refractivity contribution < 1.29 is 33.3 Å². The van der Waals surface area contributed by atoms with Gasteiger partial charge < -0.3 is 0 Å². The topological polar surface area (TPSA) is 104 Å². The summed E-state index contributed by atoms with van der Waals surface area (Å²) >= 11 is 0. The van der Waals surface area contributed by atoms with Crippen molar-refractivity contribution in [2.24, 2.45) is 0 Å². The average Bonchev–Trinajstić information content (AvgIpc) is 2.14. The maximum absolute atomic E-state index is 8.49. The monoisotopic (exact) mass is 250 g/mol. The molecule has 0 saturated heterocycles. The first-order chi connectivity index (χ1) is 7.26. The van der Waals surface area contributed by atoms with Crippen molar-refractivity contribution >= 4 is 0 Å². The summed E-state index contributed by atoms with van der Waals surface area (Å²) in [5, 5.41) is 0. The molecule has 0 saturated carbocycles. The predicted octanol–water partition coefficient (Wildman–Crippen LogP) is -1.76. The van der Waals surface area contributed by atoms with E-state index in [-0.39, 0.29) is 0 Å². The van der Waals surface area contributed by atoms with Crippen LogP contribution in [0.2, 0.25) is 0 Å². The SMILES string of the molecule is CCc1cc(C)cc(CC)[o+]1.[O-][Cl+3]([O-])([O-])[O-]. The second kappa shape index (κ2) is 6.78. The molecule has 0 amide bonds. The Morgan fingerprint density at radius 1 is 1.00 bits per heavy atom. The third kappa shape index (κ3) is 8.58. The van der Waals surface area contributed by atoms with E-state index in [9.17, 15) is 0 Å². The summed E-state index contributed by atoms with van der Waals surface area (Å²) in [4.78, 5) is 0. The van der Waals surface area contributed by atoms with Gasteiger partial charge in [-0.05, 0) is 12.5 Å². The lowest BCUT2D eigenvalue weighted by atomic mass is 10.2.